The van der Waals surface area contributed by atoms with Crippen LogP contribution in [0, 0.1) is 5.92 Å². The number of fused-ring (bicyclic) bond motifs is 2. The molecule has 2 aliphatic rings. The Morgan fingerprint density at radius 3 is 2.72 bits per heavy atom. The van der Waals surface area contributed by atoms with Crippen molar-refractivity contribution in [1.29, 1.82) is 0 Å². The van der Waals surface area contributed by atoms with Crippen LogP contribution in [-0.2, 0) is 11.3 Å². The molecule has 4 aromatic rings. The molecule has 47 heavy (non-hydrogen) atoms. The Morgan fingerprint density at radius 2 is 1.94 bits per heavy atom. The lowest BCUT2D eigenvalue weighted by molar-refractivity contribution is -0.0272. The van der Waals surface area contributed by atoms with Crippen LogP contribution < -0.4 is 14.8 Å². The smallest absolute Gasteiger partial charge is 0.267 e. The van der Waals surface area contributed by atoms with Gasteiger partial charge in [-0.15, -0.1) is 0 Å². The van der Waals surface area contributed by atoms with Crippen LogP contribution in [0.3, 0.4) is 0 Å². The van der Waals surface area contributed by atoms with E-state index in [0.29, 0.717) is 44.1 Å². The molecule has 0 bridgehead atoms. The predicted molar refractivity (Wildman–Crippen MR) is 181 cm³/mol. The average molecular weight is 648 g/mol. The quantitative estimate of drug-likeness (QED) is 0.134. The van der Waals surface area contributed by atoms with E-state index in [-0.39, 0.29) is 30.1 Å². The highest BCUT2D eigenvalue weighted by Crippen LogP contribution is 2.33. The molecule has 0 unspecified atom stereocenters. The number of hydrogen-bond donors (Lipinski definition) is 4. The van der Waals surface area contributed by atoms with Crippen LogP contribution in [0.4, 0.5) is 0 Å². The van der Waals surface area contributed by atoms with Gasteiger partial charge in [-0.05, 0) is 88.6 Å². The maximum Gasteiger partial charge on any atom is 0.267 e. The van der Waals surface area contributed by atoms with E-state index in [1.807, 2.05) is 56.3 Å². The molecule has 2 atom stereocenters. The number of furan rings is 1. The molecular weight excluding hydrogens is 598 g/mol. The molecule has 1 saturated carbocycles. The minimum Gasteiger partial charge on any atom is -0.491 e. The van der Waals surface area contributed by atoms with E-state index in [1.54, 1.807) is 6.26 Å². The second kappa shape index (κ2) is 14.7. The largest absolute Gasteiger partial charge is 0.491 e. The van der Waals surface area contributed by atoms with Crippen molar-refractivity contribution >= 4 is 27.8 Å². The Hall–Kier alpha value is -3.57. The summed E-state index contributed by atoms with van der Waals surface area (Å²) in [4.78, 5) is 18.9. The fraction of sp³-hybridized carbons (Fsp3) is 0.541. The number of amides is 1. The third-order valence-electron chi connectivity index (χ3n) is 9.77. The first-order valence-electron chi connectivity index (χ1n) is 17.1. The normalized spacial score (nSPS) is 23.8. The minimum absolute atomic E-state index is 0.0173. The molecule has 1 amide bonds. The van der Waals surface area contributed by atoms with Gasteiger partial charge in [0.05, 0.1) is 30.7 Å². The van der Waals surface area contributed by atoms with Crippen LogP contribution in [0.1, 0.15) is 75.3 Å². The number of aromatic nitrogens is 1. The fourth-order valence-electron chi connectivity index (χ4n) is 6.84. The maximum atomic E-state index is 13.3. The van der Waals surface area contributed by atoms with Gasteiger partial charge in [0.1, 0.15) is 36.0 Å². The van der Waals surface area contributed by atoms with Crippen molar-refractivity contribution in [2.24, 2.45) is 5.92 Å². The van der Waals surface area contributed by atoms with Crippen molar-refractivity contribution < 1.29 is 33.6 Å². The van der Waals surface area contributed by atoms with Gasteiger partial charge in [-0.1, -0.05) is 13.0 Å². The van der Waals surface area contributed by atoms with Gasteiger partial charge >= 0.3 is 0 Å². The summed E-state index contributed by atoms with van der Waals surface area (Å²) in [6.45, 7) is 9.98. The molecule has 2 aromatic carbocycles. The Morgan fingerprint density at radius 1 is 1.11 bits per heavy atom. The number of carbonyl (C=O) groups is 1. The number of hydrogen-bond acceptors (Lipinski definition) is 8. The standard InChI is InChI=1S/C37H49N3O7/c1-24(2)44-17-18-45-28-7-8-29-26(23-47-35(29)19-28)22-46-34-6-4-5-31-30(34)20-32(39-31)36(42)38-27-9-12-37(43,13-10-27)14-16-40-15-11-33(41)25(3)21-40/h4-8,19-20,23-25,27,33,39,41,43H,9-18,21-22H2,1-3H3,(H,38,42)/t25-,27-,33-,37+/m0/s1. The number of aliphatic hydroxyl groups excluding tert-OH is 1. The van der Waals surface area contributed by atoms with E-state index < -0.39 is 5.60 Å². The van der Waals surface area contributed by atoms with Crippen LogP contribution in [0.25, 0.3) is 21.9 Å². The summed E-state index contributed by atoms with van der Waals surface area (Å²) >= 11 is 0. The number of nitrogens with one attached hydrogen (secondary N) is 2. The Bertz CT molecular complexity index is 1640. The lowest BCUT2D eigenvalue weighted by Gasteiger charge is -2.39. The van der Waals surface area contributed by atoms with Gasteiger partial charge in [0.2, 0.25) is 0 Å². The van der Waals surface area contributed by atoms with Gasteiger partial charge in [0.15, 0.2) is 0 Å². The highest BCUT2D eigenvalue weighted by Gasteiger charge is 2.35. The van der Waals surface area contributed by atoms with Crippen molar-refractivity contribution in [2.45, 2.75) is 89.8 Å². The number of piperidine rings is 1. The van der Waals surface area contributed by atoms with Crippen LogP contribution in [-0.4, -0.2) is 82.7 Å². The first-order chi connectivity index (χ1) is 22.7. The van der Waals surface area contributed by atoms with Crippen LogP contribution >= 0.6 is 0 Å². The first kappa shape index (κ1) is 33.3. The number of nitrogens with zero attached hydrogens (tertiary/aromatic N) is 1. The van der Waals surface area contributed by atoms with Crippen molar-refractivity contribution in [3.05, 3.63) is 60.0 Å². The number of H-pyrrole nitrogens is 1. The SMILES string of the molecule is CC(C)OCCOc1ccc2c(COc3cccc4[nH]c(C(=O)N[C@H]5CC[C@](O)(CCN6CC[C@H](O)[C@@H](C)C6)CC5)cc34)coc2c1. The number of aromatic amines is 1. The van der Waals surface area contributed by atoms with Crippen molar-refractivity contribution in [3.63, 3.8) is 0 Å². The lowest BCUT2D eigenvalue weighted by Crippen LogP contribution is -2.47. The van der Waals surface area contributed by atoms with Crippen LogP contribution in [0.5, 0.6) is 11.5 Å². The molecule has 10 heteroatoms. The van der Waals surface area contributed by atoms with E-state index in [0.717, 1.165) is 78.5 Å². The molecule has 6 rings (SSSR count). The van der Waals surface area contributed by atoms with Crippen molar-refractivity contribution in [1.82, 2.24) is 15.2 Å². The van der Waals surface area contributed by atoms with Crippen molar-refractivity contribution in [3.8, 4) is 11.5 Å². The number of rotatable bonds is 13. The number of benzene rings is 2. The molecule has 4 N–H and O–H groups in total. The molecule has 0 spiro atoms. The molecule has 1 aliphatic carbocycles. The van der Waals surface area contributed by atoms with Gasteiger partial charge in [0, 0.05) is 53.6 Å². The summed E-state index contributed by atoms with van der Waals surface area (Å²) in [6.07, 6.45) is 5.99. The Kier molecular flexibility index (Phi) is 10.4. The predicted octanol–water partition coefficient (Wildman–Crippen LogP) is 5.79. The zero-order valence-corrected chi connectivity index (χ0v) is 27.8. The monoisotopic (exact) mass is 647 g/mol. The number of carbonyl (C=O) groups excluding carboxylic acids is 1. The third-order valence-corrected chi connectivity index (χ3v) is 9.77. The lowest BCUT2D eigenvalue weighted by atomic mass is 9.80. The second-order valence-electron chi connectivity index (χ2n) is 13.7. The third kappa shape index (κ3) is 8.30. The summed E-state index contributed by atoms with van der Waals surface area (Å²) in [5.41, 5.74) is 2.25. The molecule has 2 fully saturated rings. The highest BCUT2D eigenvalue weighted by atomic mass is 16.5. The summed E-state index contributed by atoms with van der Waals surface area (Å²) < 4.78 is 23.4. The average Bonchev–Trinajstić information content (AvgIpc) is 3.68. The first-order valence-corrected chi connectivity index (χ1v) is 17.1. The van der Waals surface area contributed by atoms with Crippen LogP contribution in [0.2, 0.25) is 0 Å². The van der Waals surface area contributed by atoms with Crippen molar-refractivity contribution in [2.75, 3.05) is 32.8 Å². The Labute approximate surface area is 276 Å². The van der Waals surface area contributed by atoms with E-state index in [2.05, 4.69) is 22.1 Å². The molecular formula is C37H49N3O7. The van der Waals surface area contributed by atoms with Gasteiger partial charge < -0.3 is 44.0 Å². The number of ether oxygens (including phenoxy) is 3. The summed E-state index contributed by atoms with van der Waals surface area (Å²) in [5.74, 6) is 1.52. The highest BCUT2D eigenvalue weighted by molar-refractivity contribution is 5.99. The van der Waals surface area contributed by atoms with E-state index in [9.17, 15) is 15.0 Å². The second-order valence-corrected chi connectivity index (χ2v) is 13.7. The Balaban J connectivity index is 1.01. The molecule has 3 heterocycles. The fourth-order valence-corrected chi connectivity index (χ4v) is 6.84. The van der Waals surface area contributed by atoms with Gasteiger partial charge in [-0.2, -0.15) is 0 Å². The molecule has 1 saturated heterocycles. The van der Waals surface area contributed by atoms with Gasteiger partial charge in [-0.25, -0.2) is 0 Å². The molecule has 0 radical (unpaired) electrons. The summed E-state index contributed by atoms with van der Waals surface area (Å²) in [5, 5.41) is 26.2. The van der Waals surface area contributed by atoms with Gasteiger partial charge in [0.25, 0.3) is 5.91 Å². The van der Waals surface area contributed by atoms with E-state index in [1.165, 1.54) is 0 Å². The number of likely N-dealkylation sites (tertiary alicyclic amines) is 1. The minimum atomic E-state index is -0.702. The van der Waals surface area contributed by atoms with E-state index in [4.69, 9.17) is 18.6 Å². The molecule has 1 aliphatic heterocycles. The maximum absolute atomic E-state index is 13.3. The summed E-state index contributed by atoms with van der Waals surface area (Å²) in [6, 6.07) is 13.4. The zero-order chi connectivity index (χ0) is 33.0. The topological polar surface area (TPSA) is 129 Å². The molecule has 2 aromatic heterocycles. The number of aliphatic hydroxyl groups is 2. The molecule has 254 valence electrons. The van der Waals surface area contributed by atoms with E-state index >= 15 is 0 Å². The zero-order valence-electron chi connectivity index (χ0n) is 27.8. The van der Waals surface area contributed by atoms with Crippen LogP contribution in [0.15, 0.2) is 53.1 Å². The molecule has 10 nitrogen and oxygen atoms in total. The van der Waals surface area contributed by atoms with Gasteiger partial charge in [-0.3, -0.25) is 4.79 Å². The summed E-state index contributed by atoms with van der Waals surface area (Å²) in [7, 11) is 0.